The predicted molar refractivity (Wildman–Crippen MR) is 117 cm³/mol. The Morgan fingerprint density at radius 1 is 1.12 bits per heavy atom. The fraction of sp³-hybridized carbons (Fsp3) is 0.250. The molecule has 174 valence electrons. The molecule has 3 aromatic rings. The van der Waals surface area contributed by atoms with Crippen molar-refractivity contribution in [2.24, 2.45) is 0 Å². The number of nitrogens with zero attached hydrogens (tertiary/aromatic N) is 1. The Balaban J connectivity index is 1.72. The van der Waals surface area contributed by atoms with Crippen LogP contribution < -0.4 is 9.47 Å². The van der Waals surface area contributed by atoms with E-state index in [0.29, 0.717) is 17.1 Å². The van der Waals surface area contributed by atoms with Gasteiger partial charge in [0.05, 0.1) is 23.4 Å². The molecule has 0 spiro atoms. The SMILES string of the molecule is COC(=O)C(C)Oc1cc(C)ccc1COc1ccc(-c2ncc(C(F)(F)F)cc2Cl)cc1. The van der Waals surface area contributed by atoms with E-state index in [1.165, 1.54) is 7.11 Å². The van der Waals surface area contributed by atoms with Crippen molar-refractivity contribution in [1.82, 2.24) is 4.98 Å². The summed E-state index contributed by atoms with van der Waals surface area (Å²) in [5, 5.41) is -0.0975. The van der Waals surface area contributed by atoms with Crippen LogP contribution in [-0.4, -0.2) is 24.2 Å². The zero-order chi connectivity index (χ0) is 24.2. The maximum atomic E-state index is 12.8. The summed E-state index contributed by atoms with van der Waals surface area (Å²) in [6, 6.07) is 13.0. The van der Waals surface area contributed by atoms with Gasteiger partial charge in [0.25, 0.3) is 0 Å². The first-order chi connectivity index (χ1) is 15.6. The molecule has 0 saturated heterocycles. The molecule has 0 aliphatic carbocycles. The van der Waals surface area contributed by atoms with Gasteiger partial charge in [0.2, 0.25) is 0 Å². The highest BCUT2D eigenvalue weighted by atomic mass is 35.5. The molecule has 0 N–H and O–H groups in total. The van der Waals surface area contributed by atoms with Crippen LogP contribution in [-0.2, 0) is 22.3 Å². The van der Waals surface area contributed by atoms with E-state index in [9.17, 15) is 18.0 Å². The highest BCUT2D eigenvalue weighted by Crippen LogP contribution is 2.34. The zero-order valence-corrected chi connectivity index (χ0v) is 18.8. The lowest BCUT2D eigenvalue weighted by Crippen LogP contribution is -2.25. The van der Waals surface area contributed by atoms with Gasteiger partial charge in [-0.1, -0.05) is 23.7 Å². The second-order valence-electron chi connectivity index (χ2n) is 7.26. The average Bonchev–Trinajstić information content (AvgIpc) is 2.77. The quantitative estimate of drug-likeness (QED) is 0.375. The minimum absolute atomic E-state index is 0.0975. The number of halogens is 4. The van der Waals surface area contributed by atoms with Gasteiger partial charge >= 0.3 is 12.1 Å². The van der Waals surface area contributed by atoms with Crippen LogP contribution in [0.5, 0.6) is 11.5 Å². The first-order valence-electron chi connectivity index (χ1n) is 9.88. The van der Waals surface area contributed by atoms with Crippen LogP contribution in [0.3, 0.4) is 0 Å². The second-order valence-corrected chi connectivity index (χ2v) is 7.67. The predicted octanol–water partition coefficient (Wildman–Crippen LogP) is 6.25. The largest absolute Gasteiger partial charge is 0.489 e. The molecular formula is C24H21ClF3NO4. The van der Waals surface area contributed by atoms with E-state index in [-0.39, 0.29) is 17.3 Å². The summed E-state index contributed by atoms with van der Waals surface area (Å²) in [5.74, 6) is 0.536. The number of hydrogen-bond donors (Lipinski definition) is 0. The standard InChI is InChI=1S/C24H21ClF3NO4/c1-14-4-5-17(21(10-14)33-15(2)23(30)31-3)13-32-19-8-6-16(7-9-19)22-20(25)11-18(12-29-22)24(26,27)28/h4-12,15H,13H2,1-3H3. The number of rotatable bonds is 7. The van der Waals surface area contributed by atoms with Crippen molar-refractivity contribution >= 4 is 17.6 Å². The molecule has 1 aromatic heterocycles. The summed E-state index contributed by atoms with van der Waals surface area (Å²) in [6.07, 6.45) is -4.55. The molecule has 33 heavy (non-hydrogen) atoms. The molecule has 0 radical (unpaired) electrons. The number of pyridine rings is 1. The zero-order valence-electron chi connectivity index (χ0n) is 18.1. The molecular weight excluding hydrogens is 459 g/mol. The molecule has 0 bridgehead atoms. The van der Waals surface area contributed by atoms with Crippen LogP contribution in [0.25, 0.3) is 11.3 Å². The number of methoxy groups -OCH3 is 1. The van der Waals surface area contributed by atoms with Gasteiger partial charge in [0, 0.05) is 17.3 Å². The molecule has 1 unspecified atom stereocenters. The Morgan fingerprint density at radius 2 is 1.82 bits per heavy atom. The minimum Gasteiger partial charge on any atom is -0.489 e. The summed E-state index contributed by atoms with van der Waals surface area (Å²) < 4.78 is 54.7. The monoisotopic (exact) mass is 479 g/mol. The number of ether oxygens (including phenoxy) is 3. The number of carbonyl (C=O) groups is 1. The van der Waals surface area contributed by atoms with E-state index >= 15 is 0 Å². The van der Waals surface area contributed by atoms with E-state index in [4.69, 9.17) is 25.8 Å². The topological polar surface area (TPSA) is 57.7 Å². The highest BCUT2D eigenvalue weighted by Gasteiger charge is 2.31. The van der Waals surface area contributed by atoms with Crippen molar-refractivity contribution in [3.63, 3.8) is 0 Å². The van der Waals surface area contributed by atoms with Gasteiger partial charge in [-0.3, -0.25) is 4.98 Å². The van der Waals surface area contributed by atoms with Gasteiger partial charge in [0.15, 0.2) is 6.10 Å². The van der Waals surface area contributed by atoms with Crippen molar-refractivity contribution in [3.8, 4) is 22.8 Å². The van der Waals surface area contributed by atoms with Crippen LogP contribution in [0.2, 0.25) is 5.02 Å². The van der Waals surface area contributed by atoms with Crippen molar-refractivity contribution in [2.45, 2.75) is 32.7 Å². The first-order valence-corrected chi connectivity index (χ1v) is 10.3. The Morgan fingerprint density at radius 3 is 2.42 bits per heavy atom. The summed E-state index contributed by atoms with van der Waals surface area (Å²) in [6.45, 7) is 3.67. The van der Waals surface area contributed by atoms with Crippen LogP contribution in [0.4, 0.5) is 13.2 Å². The van der Waals surface area contributed by atoms with E-state index < -0.39 is 23.8 Å². The van der Waals surface area contributed by atoms with Gasteiger partial charge < -0.3 is 14.2 Å². The van der Waals surface area contributed by atoms with Crippen molar-refractivity contribution in [2.75, 3.05) is 7.11 Å². The fourth-order valence-corrected chi connectivity index (χ4v) is 3.25. The normalized spacial score (nSPS) is 12.2. The molecule has 0 amide bonds. The molecule has 5 nitrogen and oxygen atoms in total. The summed E-state index contributed by atoms with van der Waals surface area (Å²) in [4.78, 5) is 15.5. The third-order valence-electron chi connectivity index (χ3n) is 4.75. The van der Waals surface area contributed by atoms with Gasteiger partial charge in [-0.05, 0) is 55.8 Å². The molecule has 0 saturated carbocycles. The van der Waals surface area contributed by atoms with Gasteiger partial charge in [0.1, 0.15) is 18.1 Å². The lowest BCUT2D eigenvalue weighted by Gasteiger charge is -2.17. The third kappa shape index (κ3) is 6.16. The number of aromatic nitrogens is 1. The number of hydrogen-bond acceptors (Lipinski definition) is 5. The van der Waals surface area contributed by atoms with Crippen LogP contribution >= 0.6 is 11.6 Å². The molecule has 0 fully saturated rings. The van der Waals surface area contributed by atoms with Crippen molar-refractivity contribution < 1.29 is 32.2 Å². The average molecular weight is 480 g/mol. The Bertz CT molecular complexity index is 1130. The Labute approximate surface area is 194 Å². The van der Waals surface area contributed by atoms with Crippen LogP contribution in [0.1, 0.15) is 23.6 Å². The maximum absolute atomic E-state index is 12.8. The van der Waals surface area contributed by atoms with Gasteiger partial charge in [-0.25, -0.2) is 4.79 Å². The number of carbonyl (C=O) groups excluding carboxylic acids is 1. The molecule has 1 atom stereocenters. The third-order valence-corrected chi connectivity index (χ3v) is 5.04. The molecule has 0 aliphatic heterocycles. The highest BCUT2D eigenvalue weighted by molar-refractivity contribution is 6.33. The number of benzene rings is 2. The minimum atomic E-state index is -4.51. The lowest BCUT2D eigenvalue weighted by molar-refractivity contribution is -0.148. The molecule has 2 aromatic carbocycles. The summed E-state index contributed by atoms with van der Waals surface area (Å²) in [5.41, 5.74) is 1.56. The number of esters is 1. The van der Waals surface area contributed by atoms with E-state index in [1.807, 2.05) is 19.1 Å². The molecule has 3 rings (SSSR count). The van der Waals surface area contributed by atoms with Crippen LogP contribution in [0.15, 0.2) is 54.7 Å². The molecule has 9 heteroatoms. The molecule has 1 heterocycles. The second kappa shape index (κ2) is 10.1. The number of alkyl halides is 3. The number of aryl methyl sites for hydroxylation is 1. The van der Waals surface area contributed by atoms with Gasteiger partial charge in [-0.2, -0.15) is 13.2 Å². The van der Waals surface area contributed by atoms with Crippen molar-refractivity contribution in [1.29, 1.82) is 0 Å². The van der Waals surface area contributed by atoms with Gasteiger partial charge in [-0.15, -0.1) is 0 Å². The smallest absolute Gasteiger partial charge is 0.417 e. The van der Waals surface area contributed by atoms with E-state index in [2.05, 4.69) is 4.98 Å². The summed E-state index contributed by atoms with van der Waals surface area (Å²) >= 11 is 6.01. The first kappa shape index (κ1) is 24.4. The van der Waals surface area contributed by atoms with E-state index in [1.54, 1.807) is 37.3 Å². The Hall–Kier alpha value is -3.26. The fourth-order valence-electron chi connectivity index (χ4n) is 2.97. The molecule has 0 aliphatic rings. The summed E-state index contributed by atoms with van der Waals surface area (Å²) in [7, 11) is 1.29. The van der Waals surface area contributed by atoms with E-state index in [0.717, 1.165) is 23.4 Å². The lowest BCUT2D eigenvalue weighted by atomic mass is 10.1. The van der Waals surface area contributed by atoms with Crippen molar-refractivity contribution in [3.05, 3.63) is 76.4 Å². The van der Waals surface area contributed by atoms with Crippen LogP contribution in [0, 0.1) is 6.92 Å². The Kier molecular flexibility index (Phi) is 7.48. The maximum Gasteiger partial charge on any atom is 0.417 e.